The molecule has 0 atom stereocenters. The van der Waals surface area contributed by atoms with Crippen LogP contribution in [0.4, 0.5) is 0 Å². The molecule has 0 amide bonds. The molecule has 0 spiro atoms. The summed E-state index contributed by atoms with van der Waals surface area (Å²) >= 11 is 11.4. The summed E-state index contributed by atoms with van der Waals surface area (Å²) in [6, 6.07) is 0. The van der Waals surface area contributed by atoms with Crippen LogP contribution in [0.15, 0.2) is 6.33 Å². The minimum absolute atomic E-state index is 0.297. The summed E-state index contributed by atoms with van der Waals surface area (Å²) in [6.07, 6.45) is 1.35. The van der Waals surface area contributed by atoms with E-state index in [0.717, 1.165) is 0 Å². The Morgan fingerprint density at radius 1 is 1.18 bits per heavy atom. The molecule has 2 aromatic heterocycles. The molecule has 6 heteroatoms. The van der Waals surface area contributed by atoms with E-state index in [-0.39, 0.29) is 0 Å². The summed E-state index contributed by atoms with van der Waals surface area (Å²) in [7, 11) is 0. The molecule has 2 aromatic rings. The lowest BCUT2D eigenvalue weighted by Crippen LogP contribution is -1.79. The van der Waals surface area contributed by atoms with Gasteiger partial charge in [0.25, 0.3) is 0 Å². The van der Waals surface area contributed by atoms with Gasteiger partial charge in [0.05, 0.1) is 5.39 Å². The van der Waals surface area contributed by atoms with Crippen molar-refractivity contribution in [1.29, 1.82) is 0 Å². The molecule has 0 saturated carbocycles. The van der Waals surface area contributed by atoms with Crippen molar-refractivity contribution in [3.8, 4) is 0 Å². The second kappa shape index (κ2) is 2.32. The topological polar surface area (TPSA) is 54.5 Å². The van der Waals surface area contributed by atoms with E-state index in [1.807, 2.05) is 0 Å². The number of nitrogens with one attached hydrogen (secondary N) is 1. The standard InChI is InChI=1S/C5H2Cl2N4/c6-3-2-4(7)10-11-5(2)9-1-8-3/h1H,(H,8,9,10,11). The second-order valence-electron chi connectivity index (χ2n) is 1.90. The molecule has 0 fully saturated rings. The van der Waals surface area contributed by atoms with E-state index in [1.54, 1.807) is 0 Å². The number of hydrogen-bond acceptors (Lipinski definition) is 3. The van der Waals surface area contributed by atoms with Crippen molar-refractivity contribution in [1.82, 2.24) is 20.2 Å². The van der Waals surface area contributed by atoms with Crippen LogP contribution in [0.25, 0.3) is 11.0 Å². The Balaban J connectivity index is 2.96. The number of hydrogen-bond donors (Lipinski definition) is 1. The van der Waals surface area contributed by atoms with Gasteiger partial charge in [0, 0.05) is 0 Å². The summed E-state index contributed by atoms with van der Waals surface area (Å²) in [6.45, 7) is 0. The second-order valence-corrected chi connectivity index (χ2v) is 2.62. The maximum atomic E-state index is 5.71. The molecule has 0 aromatic carbocycles. The fraction of sp³-hybridized carbons (Fsp3) is 0. The molecule has 1 N–H and O–H groups in total. The molecule has 4 nitrogen and oxygen atoms in total. The molecule has 0 aliphatic rings. The number of fused-ring (bicyclic) bond motifs is 1. The third-order valence-corrected chi connectivity index (χ3v) is 1.83. The van der Waals surface area contributed by atoms with Crippen LogP contribution in [0, 0.1) is 0 Å². The molecule has 0 bridgehead atoms. The van der Waals surface area contributed by atoms with Gasteiger partial charge in [-0.25, -0.2) is 9.97 Å². The lowest BCUT2D eigenvalue weighted by atomic mass is 10.4. The van der Waals surface area contributed by atoms with Crippen LogP contribution in [0.3, 0.4) is 0 Å². The summed E-state index contributed by atoms with van der Waals surface area (Å²) in [5, 5.41) is 7.50. The number of halogens is 2. The van der Waals surface area contributed by atoms with Crippen LogP contribution in [0.5, 0.6) is 0 Å². The zero-order valence-corrected chi connectivity index (χ0v) is 6.69. The first-order chi connectivity index (χ1) is 5.29. The van der Waals surface area contributed by atoms with E-state index < -0.39 is 0 Å². The van der Waals surface area contributed by atoms with Gasteiger partial charge in [0.2, 0.25) is 0 Å². The Labute approximate surface area is 71.6 Å². The van der Waals surface area contributed by atoms with E-state index in [0.29, 0.717) is 21.3 Å². The quantitative estimate of drug-likeness (QED) is 0.641. The molecular formula is C5H2Cl2N4. The van der Waals surface area contributed by atoms with Crippen LogP contribution in [-0.2, 0) is 0 Å². The highest BCUT2D eigenvalue weighted by Crippen LogP contribution is 2.23. The predicted octanol–water partition coefficient (Wildman–Crippen LogP) is 1.66. The van der Waals surface area contributed by atoms with Gasteiger partial charge >= 0.3 is 0 Å². The fourth-order valence-corrected chi connectivity index (χ4v) is 1.28. The average molecular weight is 189 g/mol. The molecule has 2 rings (SSSR count). The lowest BCUT2D eigenvalue weighted by molar-refractivity contribution is 1.09. The number of aromatic amines is 1. The molecule has 0 radical (unpaired) electrons. The molecule has 0 aliphatic carbocycles. The molecule has 11 heavy (non-hydrogen) atoms. The van der Waals surface area contributed by atoms with Gasteiger partial charge in [-0.15, -0.1) is 0 Å². The third-order valence-electron chi connectivity index (χ3n) is 1.27. The number of aromatic nitrogens is 4. The van der Waals surface area contributed by atoms with E-state index in [2.05, 4.69) is 20.2 Å². The average Bonchev–Trinajstić information content (AvgIpc) is 2.34. The lowest BCUT2D eigenvalue weighted by Gasteiger charge is -1.88. The van der Waals surface area contributed by atoms with Crippen molar-refractivity contribution < 1.29 is 0 Å². The minimum Gasteiger partial charge on any atom is -0.259 e. The Morgan fingerprint density at radius 3 is 2.73 bits per heavy atom. The summed E-state index contributed by atoms with van der Waals surface area (Å²) in [5.41, 5.74) is 0.551. The van der Waals surface area contributed by atoms with Gasteiger partial charge in [-0.3, -0.25) is 5.10 Å². The zero-order valence-electron chi connectivity index (χ0n) is 5.17. The van der Waals surface area contributed by atoms with E-state index in [4.69, 9.17) is 23.2 Å². The van der Waals surface area contributed by atoms with E-state index >= 15 is 0 Å². The Bertz CT molecular complexity index is 396. The Kier molecular flexibility index (Phi) is 1.44. The Hall–Kier alpha value is -0.870. The third kappa shape index (κ3) is 0.948. The molecule has 2 heterocycles. The first-order valence-electron chi connectivity index (χ1n) is 2.79. The van der Waals surface area contributed by atoms with E-state index in [1.165, 1.54) is 6.33 Å². The van der Waals surface area contributed by atoms with Gasteiger partial charge in [0.15, 0.2) is 10.8 Å². The summed E-state index contributed by atoms with van der Waals surface area (Å²) in [4.78, 5) is 7.62. The summed E-state index contributed by atoms with van der Waals surface area (Å²) < 4.78 is 0. The Morgan fingerprint density at radius 2 is 2.00 bits per heavy atom. The van der Waals surface area contributed by atoms with E-state index in [9.17, 15) is 0 Å². The molecule has 0 aliphatic heterocycles. The molecule has 56 valence electrons. The molecular weight excluding hydrogens is 187 g/mol. The van der Waals surface area contributed by atoms with Gasteiger partial charge in [-0.1, -0.05) is 23.2 Å². The zero-order chi connectivity index (χ0) is 7.84. The number of H-pyrrole nitrogens is 1. The molecule has 0 saturated heterocycles. The highest BCUT2D eigenvalue weighted by molar-refractivity contribution is 6.40. The highest BCUT2D eigenvalue weighted by Gasteiger charge is 2.07. The fourth-order valence-electron chi connectivity index (χ4n) is 0.790. The normalized spacial score (nSPS) is 10.7. The summed E-state index contributed by atoms with van der Waals surface area (Å²) in [5.74, 6) is 0. The van der Waals surface area contributed by atoms with Gasteiger partial charge < -0.3 is 0 Å². The van der Waals surface area contributed by atoms with Gasteiger partial charge in [-0.05, 0) is 0 Å². The van der Waals surface area contributed by atoms with Crippen LogP contribution >= 0.6 is 23.2 Å². The van der Waals surface area contributed by atoms with Crippen molar-refractivity contribution in [3.63, 3.8) is 0 Å². The van der Waals surface area contributed by atoms with Crippen molar-refractivity contribution in [2.75, 3.05) is 0 Å². The van der Waals surface area contributed by atoms with Crippen LogP contribution < -0.4 is 0 Å². The minimum atomic E-state index is 0.297. The maximum absolute atomic E-state index is 5.71. The number of nitrogens with zero attached hydrogens (tertiary/aromatic N) is 3. The smallest absolute Gasteiger partial charge is 0.163 e. The SMILES string of the molecule is Clc1ncnc2[nH]nc(Cl)c12. The molecule has 0 unspecified atom stereocenters. The van der Waals surface area contributed by atoms with Crippen molar-refractivity contribution in [2.24, 2.45) is 0 Å². The van der Waals surface area contributed by atoms with Gasteiger partial charge in [-0.2, -0.15) is 5.10 Å². The first-order valence-corrected chi connectivity index (χ1v) is 3.54. The number of rotatable bonds is 0. The van der Waals surface area contributed by atoms with Crippen molar-refractivity contribution in [2.45, 2.75) is 0 Å². The van der Waals surface area contributed by atoms with Crippen LogP contribution in [-0.4, -0.2) is 20.2 Å². The first kappa shape index (κ1) is 6.82. The van der Waals surface area contributed by atoms with Gasteiger partial charge in [0.1, 0.15) is 11.5 Å². The predicted molar refractivity (Wildman–Crippen MR) is 41.7 cm³/mol. The highest BCUT2D eigenvalue weighted by atomic mass is 35.5. The van der Waals surface area contributed by atoms with Crippen LogP contribution in [0.2, 0.25) is 10.3 Å². The van der Waals surface area contributed by atoms with Crippen LogP contribution in [0.1, 0.15) is 0 Å². The van der Waals surface area contributed by atoms with Crippen molar-refractivity contribution in [3.05, 3.63) is 16.6 Å². The maximum Gasteiger partial charge on any atom is 0.163 e. The largest absolute Gasteiger partial charge is 0.259 e. The van der Waals surface area contributed by atoms with Crippen molar-refractivity contribution >= 4 is 34.2 Å². The monoisotopic (exact) mass is 188 g/mol.